The van der Waals surface area contributed by atoms with Crippen LogP contribution in [-0.2, 0) is 11.2 Å². The third-order valence-corrected chi connectivity index (χ3v) is 7.19. The van der Waals surface area contributed by atoms with Crippen LogP contribution in [0, 0.1) is 17.3 Å². The average molecular weight is 342 g/mol. The quantitative estimate of drug-likeness (QED) is 0.506. The maximum atomic E-state index is 11.5. The third kappa shape index (κ3) is 2.53. The fraction of sp³-hybridized carbons (Fsp3) is 0.619. The fourth-order valence-corrected chi connectivity index (χ4v) is 5.92. The summed E-state index contributed by atoms with van der Waals surface area (Å²) in [6.07, 6.45) is 6.82. The third-order valence-electron chi connectivity index (χ3n) is 7.19. The molecule has 1 N–H and O–H groups in total. The van der Waals surface area contributed by atoms with Crippen LogP contribution >= 0.6 is 0 Å². The van der Waals surface area contributed by atoms with Crippen molar-refractivity contribution in [1.29, 1.82) is 0 Å². The average Bonchev–Trinajstić information content (AvgIpc) is 2.89. The Bertz CT molecular complexity index is 725. The van der Waals surface area contributed by atoms with Gasteiger partial charge < -0.3 is 9.84 Å². The molecule has 25 heavy (non-hydrogen) atoms. The highest BCUT2D eigenvalue weighted by atomic mass is 16.5. The molecular formula is C21H26O4. The van der Waals surface area contributed by atoms with Gasteiger partial charge in [0.1, 0.15) is 5.75 Å². The van der Waals surface area contributed by atoms with Crippen molar-refractivity contribution in [2.45, 2.75) is 64.4 Å². The second-order valence-corrected chi connectivity index (χ2v) is 8.35. The first-order chi connectivity index (χ1) is 11.9. The van der Waals surface area contributed by atoms with Crippen molar-refractivity contribution >= 4 is 12.3 Å². The molecule has 134 valence electrons. The molecule has 1 aromatic rings. The molecule has 0 aromatic heterocycles. The number of carbonyl (C=O) groups excluding carboxylic acids is 2. The molecule has 1 aromatic carbocycles. The summed E-state index contributed by atoms with van der Waals surface area (Å²) >= 11 is 0. The number of aryl methyl sites for hydroxylation is 1. The van der Waals surface area contributed by atoms with Crippen LogP contribution in [0.5, 0.6) is 5.75 Å². The summed E-state index contributed by atoms with van der Waals surface area (Å²) in [6, 6.07) is 3.85. The number of carbonyl (C=O) groups is 2. The molecule has 5 atom stereocenters. The molecule has 4 rings (SSSR count). The molecule has 3 aliphatic rings. The maximum Gasteiger partial charge on any atom is 0.308 e. The van der Waals surface area contributed by atoms with Crippen molar-refractivity contribution in [3.05, 3.63) is 28.8 Å². The van der Waals surface area contributed by atoms with Crippen LogP contribution in [-0.4, -0.2) is 23.5 Å². The normalized spacial score (nSPS) is 36.1. The van der Waals surface area contributed by atoms with Crippen LogP contribution in [0.15, 0.2) is 12.1 Å². The van der Waals surface area contributed by atoms with Gasteiger partial charge in [0.25, 0.3) is 0 Å². The number of fused-ring (bicyclic) bond motifs is 5. The predicted molar refractivity (Wildman–Crippen MR) is 93.8 cm³/mol. The first-order valence-electron chi connectivity index (χ1n) is 9.42. The Morgan fingerprint density at radius 2 is 2.08 bits per heavy atom. The highest BCUT2D eigenvalue weighted by molar-refractivity contribution is 5.82. The lowest BCUT2D eigenvalue weighted by atomic mass is 9.55. The molecule has 0 saturated heterocycles. The number of hydrogen-bond donors (Lipinski definition) is 1. The SMILES string of the molecule is CC(=O)Oc1cc2c(cc1C=O)[C@H]1CC[C@]3(C)[C@@H](O)CC[C@H]3[C@@H]1CC2. The van der Waals surface area contributed by atoms with Gasteiger partial charge in [-0.3, -0.25) is 9.59 Å². The molecule has 4 nitrogen and oxygen atoms in total. The second-order valence-electron chi connectivity index (χ2n) is 8.35. The Kier molecular flexibility index (Phi) is 3.99. The molecule has 0 spiro atoms. The van der Waals surface area contributed by atoms with E-state index in [9.17, 15) is 14.7 Å². The summed E-state index contributed by atoms with van der Waals surface area (Å²) in [5.74, 6) is 1.60. The minimum atomic E-state index is -0.398. The summed E-state index contributed by atoms with van der Waals surface area (Å²) in [5, 5.41) is 10.5. The lowest BCUT2D eigenvalue weighted by Gasteiger charge is -2.50. The van der Waals surface area contributed by atoms with Gasteiger partial charge in [-0.2, -0.15) is 0 Å². The van der Waals surface area contributed by atoms with Crippen LogP contribution < -0.4 is 4.74 Å². The largest absolute Gasteiger partial charge is 0.426 e. The molecule has 4 heteroatoms. The van der Waals surface area contributed by atoms with E-state index in [1.165, 1.54) is 18.1 Å². The van der Waals surface area contributed by atoms with Crippen molar-refractivity contribution < 1.29 is 19.4 Å². The van der Waals surface area contributed by atoms with E-state index in [2.05, 4.69) is 6.92 Å². The Labute approximate surface area is 148 Å². The van der Waals surface area contributed by atoms with Gasteiger partial charge in [0.15, 0.2) is 6.29 Å². The van der Waals surface area contributed by atoms with Crippen LogP contribution in [0.2, 0.25) is 0 Å². The first kappa shape index (κ1) is 16.8. The minimum absolute atomic E-state index is 0.0594. The second kappa shape index (κ2) is 5.94. The maximum absolute atomic E-state index is 11.5. The molecule has 0 radical (unpaired) electrons. The Morgan fingerprint density at radius 3 is 2.80 bits per heavy atom. The van der Waals surface area contributed by atoms with Gasteiger partial charge in [-0.25, -0.2) is 0 Å². The van der Waals surface area contributed by atoms with Gasteiger partial charge in [-0.05, 0) is 85.0 Å². The smallest absolute Gasteiger partial charge is 0.308 e. The van der Waals surface area contributed by atoms with Crippen molar-refractivity contribution in [1.82, 2.24) is 0 Å². The standard InChI is InChI=1S/C21H26O4/c1-12(23)25-19-10-13-3-4-16-15(17(13)9-14(19)11-22)7-8-21(2)18(16)5-6-20(21)24/h9-11,15-16,18,20,24H,3-8H2,1-2H3/t15-,16+,18-,20-,21-/m0/s1. The Morgan fingerprint density at radius 1 is 1.28 bits per heavy atom. The zero-order chi connectivity index (χ0) is 17.8. The van der Waals surface area contributed by atoms with E-state index in [-0.39, 0.29) is 11.5 Å². The summed E-state index contributed by atoms with van der Waals surface area (Å²) in [4.78, 5) is 22.8. The van der Waals surface area contributed by atoms with E-state index < -0.39 is 5.97 Å². The van der Waals surface area contributed by atoms with E-state index in [0.717, 1.165) is 44.8 Å². The molecule has 2 saturated carbocycles. The summed E-state index contributed by atoms with van der Waals surface area (Å²) < 4.78 is 5.23. The Balaban J connectivity index is 1.71. The van der Waals surface area contributed by atoms with Crippen molar-refractivity contribution in [3.8, 4) is 5.75 Å². The number of hydrogen-bond acceptors (Lipinski definition) is 4. The van der Waals surface area contributed by atoms with Gasteiger partial charge in [0.2, 0.25) is 0 Å². The lowest BCUT2D eigenvalue weighted by Crippen LogP contribution is -2.43. The van der Waals surface area contributed by atoms with E-state index in [1.807, 2.05) is 12.1 Å². The lowest BCUT2D eigenvalue weighted by molar-refractivity contribution is -0.131. The molecule has 0 amide bonds. The zero-order valence-electron chi connectivity index (χ0n) is 15.0. The molecule has 2 fully saturated rings. The van der Waals surface area contributed by atoms with Gasteiger partial charge in [-0.15, -0.1) is 0 Å². The van der Waals surface area contributed by atoms with E-state index in [0.29, 0.717) is 29.1 Å². The number of rotatable bonds is 2. The topological polar surface area (TPSA) is 63.6 Å². The monoisotopic (exact) mass is 342 g/mol. The molecule has 3 aliphatic carbocycles. The van der Waals surface area contributed by atoms with E-state index >= 15 is 0 Å². The number of ether oxygens (including phenoxy) is 1. The summed E-state index contributed by atoms with van der Waals surface area (Å²) in [7, 11) is 0. The highest BCUT2D eigenvalue weighted by Gasteiger charge is 2.54. The van der Waals surface area contributed by atoms with Crippen LogP contribution in [0.1, 0.15) is 73.4 Å². The summed E-state index contributed by atoms with van der Waals surface area (Å²) in [6.45, 7) is 3.62. The van der Waals surface area contributed by atoms with Gasteiger partial charge in [0.05, 0.1) is 11.7 Å². The first-order valence-corrected chi connectivity index (χ1v) is 9.42. The Hall–Kier alpha value is -1.68. The summed E-state index contributed by atoms with van der Waals surface area (Å²) in [5.41, 5.74) is 3.00. The number of esters is 1. The molecule has 0 unspecified atom stereocenters. The minimum Gasteiger partial charge on any atom is -0.426 e. The predicted octanol–water partition coefficient (Wildman–Crippen LogP) is 3.64. The van der Waals surface area contributed by atoms with Crippen molar-refractivity contribution in [3.63, 3.8) is 0 Å². The van der Waals surface area contributed by atoms with E-state index in [1.54, 1.807) is 0 Å². The highest BCUT2D eigenvalue weighted by Crippen LogP contribution is 2.61. The van der Waals surface area contributed by atoms with Crippen LogP contribution in [0.4, 0.5) is 0 Å². The van der Waals surface area contributed by atoms with Crippen molar-refractivity contribution in [2.24, 2.45) is 17.3 Å². The van der Waals surface area contributed by atoms with Gasteiger partial charge in [0, 0.05) is 6.92 Å². The molecule has 0 bridgehead atoms. The van der Waals surface area contributed by atoms with E-state index in [4.69, 9.17) is 4.74 Å². The number of aliphatic hydroxyl groups excluding tert-OH is 1. The van der Waals surface area contributed by atoms with Crippen molar-refractivity contribution in [2.75, 3.05) is 0 Å². The van der Waals surface area contributed by atoms with Crippen LogP contribution in [0.25, 0.3) is 0 Å². The fourth-order valence-electron chi connectivity index (χ4n) is 5.92. The van der Waals surface area contributed by atoms with Gasteiger partial charge in [-0.1, -0.05) is 6.92 Å². The number of benzene rings is 1. The molecular weight excluding hydrogens is 316 g/mol. The zero-order valence-corrected chi connectivity index (χ0v) is 15.0. The number of aldehydes is 1. The molecule has 0 aliphatic heterocycles. The van der Waals surface area contributed by atoms with Gasteiger partial charge >= 0.3 is 5.97 Å². The van der Waals surface area contributed by atoms with Crippen LogP contribution in [0.3, 0.4) is 0 Å². The number of aliphatic hydroxyl groups is 1. The molecule has 0 heterocycles.